The van der Waals surface area contributed by atoms with Gasteiger partial charge in [-0.1, -0.05) is 6.42 Å². The highest BCUT2D eigenvalue weighted by Gasteiger charge is 2.17. The van der Waals surface area contributed by atoms with E-state index in [1.807, 2.05) is 13.0 Å². The molecule has 0 saturated heterocycles. The second kappa shape index (κ2) is 9.41. The Kier molecular flexibility index (Phi) is 6.41. The number of anilines is 4. The number of hydrogen-bond donors (Lipinski definition) is 4. The summed E-state index contributed by atoms with van der Waals surface area (Å²) in [6.07, 6.45) is 9.35. The van der Waals surface area contributed by atoms with Crippen LogP contribution in [0.5, 0.6) is 0 Å². The van der Waals surface area contributed by atoms with E-state index in [4.69, 9.17) is 16.6 Å². The summed E-state index contributed by atoms with van der Waals surface area (Å²) in [7, 11) is 1.00. The molecule has 0 amide bonds. The van der Waals surface area contributed by atoms with Crippen molar-refractivity contribution < 1.29 is 9.50 Å². The van der Waals surface area contributed by atoms with Gasteiger partial charge in [-0.2, -0.15) is 5.10 Å². The summed E-state index contributed by atoms with van der Waals surface area (Å²) in [5, 5.41) is 16.3. The molecule has 33 heavy (non-hydrogen) atoms. The largest absolute Gasteiger partial charge is 0.400 e. The maximum atomic E-state index is 15.1. The van der Waals surface area contributed by atoms with Crippen molar-refractivity contribution in [3.05, 3.63) is 53.9 Å². The fourth-order valence-electron chi connectivity index (χ4n) is 4.16. The molecule has 0 fully saturated rings. The fourth-order valence-corrected chi connectivity index (χ4v) is 4.16. The molecule has 1 aliphatic heterocycles. The van der Waals surface area contributed by atoms with Gasteiger partial charge in [0.25, 0.3) is 0 Å². The highest BCUT2D eigenvalue weighted by atomic mass is 19.1. The Balaban J connectivity index is 0.00000126. The predicted octanol–water partition coefficient (Wildman–Crippen LogP) is 4.18. The van der Waals surface area contributed by atoms with Crippen LogP contribution in [0, 0.1) is 12.7 Å². The SMILES string of the molecule is CO.Cc1c(N)cncc1-c1cc2cc(Nc3cc4n(n3)CCCCC4)ncc2c(N)c1F. The van der Waals surface area contributed by atoms with E-state index < -0.39 is 5.82 Å². The van der Waals surface area contributed by atoms with Crippen molar-refractivity contribution in [1.29, 1.82) is 0 Å². The minimum absolute atomic E-state index is 0.0575. The van der Waals surface area contributed by atoms with E-state index >= 15 is 4.39 Å². The third-order valence-corrected chi connectivity index (χ3v) is 5.97. The monoisotopic (exact) mass is 449 g/mol. The van der Waals surface area contributed by atoms with Gasteiger partial charge in [0.05, 0.1) is 17.6 Å². The molecule has 0 bridgehead atoms. The summed E-state index contributed by atoms with van der Waals surface area (Å²) in [6, 6.07) is 5.69. The van der Waals surface area contributed by atoms with Crippen LogP contribution in [0.1, 0.15) is 30.5 Å². The first-order valence-corrected chi connectivity index (χ1v) is 10.9. The number of aliphatic hydroxyl groups is 1. The van der Waals surface area contributed by atoms with Crippen LogP contribution in [-0.4, -0.2) is 32.0 Å². The van der Waals surface area contributed by atoms with Crippen molar-refractivity contribution in [2.75, 3.05) is 23.9 Å². The quantitative estimate of drug-likeness (QED) is 0.345. The second-order valence-corrected chi connectivity index (χ2v) is 8.02. The third-order valence-electron chi connectivity index (χ3n) is 5.97. The summed E-state index contributed by atoms with van der Waals surface area (Å²) in [5.74, 6) is 0.887. The molecule has 5 rings (SSSR count). The lowest BCUT2D eigenvalue weighted by Gasteiger charge is -2.13. The van der Waals surface area contributed by atoms with E-state index in [9.17, 15) is 0 Å². The number of fused-ring (bicyclic) bond motifs is 2. The molecule has 4 aromatic rings. The van der Waals surface area contributed by atoms with Crippen molar-refractivity contribution in [2.45, 2.75) is 39.2 Å². The molecule has 0 aliphatic carbocycles. The number of nitrogens with one attached hydrogen (secondary N) is 1. The van der Waals surface area contributed by atoms with Crippen LogP contribution in [0.2, 0.25) is 0 Å². The molecular formula is C24H28FN7O. The maximum absolute atomic E-state index is 15.1. The Morgan fingerprint density at radius 2 is 1.82 bits per heavy atom. The minimum Gasteiger partial charge on any atom is -0.400 e. The molecule has 8 nitrogen and oxygen atoms in total. The summed E-state index contributed by atoms with van der Waals surface area (Å²) in [6.45, 7) is 2.78. The molecule has 1 aromatic carbocycles. The van der Waals surface area contributed by atoms with Crippen LogP contribution < -0.4 is 16.8 Å². The number of halogens is 1. The second-order valence-electron chi connectivity index (χ2n) is 8.02. The molecule has 4 heterocycles. The van der Waals surface area contributed by atoms with Crippen molar-refractivity contribution in [2.24, 2.45) is 0 Å². The lowest BCUT2D eigenvalue weighted by atomic mass is 9.97. The molecule has 0 radical (unpaired) electrons. The third kappa shape index (κ3) is 4.31. The number of rotatable bonds is 3. The Morgan fingerprint density at radius 1 is 1.00 bits per heavy atom. The Bertz CT molecular complexity index is 1280. The number of nitrogens with zero attached hydrogens (tertiary/aromatic N) is 4. The number of nitrogen functional groups attached to an aromatic ring is 2. The first-order chi connectivity index (χ1) is 16.0. The standard InChI is InChI=1S/C23H24FN7.CH4O/c1-13-17(10-27-12-19(13)25)16-7-14-8-20(28-11-18(14)23(26)22(16)24)29-21-9-15-5-3-2-4-6-31(15)30-21;1-2/h7-12H,2-6,25-26H2,1H3,(H,28,29,30);2H,1H3. The van der Waals surface area contributed by atoms with Crippen molar-refractivity contribution in [3.8, 4) is 11.1 Å². The fraction of sp³-hybridized carbons (Fsp3) is 0.292. The van der Waals surface area contributed by atoms with Crippen LogP contribution in [0.15, 0.2) is 36.8 Å². The smallest absolute Gasteiger partial charge is 0.154 e. The number of pyridine rings is 2. The number of nitrogens with two attached hydrogens (primary N) is 2. The summed E-state index contributed by atoms with van der Waals surface area (Å²) >= 11 is 0. The zero-order valence-corrected chi connectivity index (χ0v) is 18.8. The summed E-state index contributed by atoms with van der Waals surface area (Å²) < 4.78 is 17.2. The highest BCUT2D eigenvalue weighted by molar-refractivity contribution is 5.98. The van der Waals surface area contributed by atoms with Crippen LogP contribution in [0.25, 0.3) is 21.9 Å². The van der Waals surface area contributed by atoms with Gasteiger partial charge in [-0.15, -0.1) is 0 Å². The lowest BCUT2D eigenvalue weighted by Crippen LogP contribution is -2.03. The maximum Gasteiger partial charge on any atom is 0.154 e. The molecule has 0 spiro atoms. The van der Waals surface area contributed by atoms with Gasteiger partial charge in [-0.05, 0) is 49.3 Å². The van der Waals surface area contributed by atoms with E-state index in [1.165, 1.54) is 18.5 Å². The van der Waals surface area contributed by atoms with Crippen molar-refractivity contribution >= 4 is 33.8 Å². The van der Waals surface area contributed by atoms with E-state index in [0.29, 0.717) is 28.0 Å². The Labute approximate surface area is 191 Å². The molecular weight excluding hydrogens is 421 g/mol. The number of aromatic nitrogens is 4. The van der Waals surface area contributed by atoms with Gasteiger partial charge in [0.1, 0.15) is 5.82 Å². The molecule has 3 aromatic heterocycles. The molecule has 172 valence electrons. The number of aliphatic hydroxyl groups excluding tert-OH is 1. The highest BCUT2D eigenvalue weighted by Crippen LogP contribution is 2.36. The van der Waals surface area contributed by atoms with Gasteiger partial charge in [0.15, 0.2) is 11.6 Å². The van der Waals surface area contributed by atoms with Gasteiger partial charge in [0.2, 0.25) is 0 Å². The van der Waals surface area contributed by atoms with Crippen molar-refractivity contribution in [1.82, 2.24) is 19.7 Å². The Hall–Kier alpha value is -3.72. The minimum atomic E-state index is -0.497. The van der Waals surface area contributed by atoms with Gasteiger partial charge in [0, 0.05) is 54.3 Å². The van der Waals surface area contributed by atoms with E-state index in [0.717, 1.165) is 43.3 Å². The molecule has 0 unspecified atom stereocenters. The molecule has 1 aliphatic rings. The predicted molar refractivity (Wildman–Crippen MR) is 130 cm³/mol. The number of benzene rings is 1. The molecule has 0 saturated carbocycles. The molecule has 9 heteroatoms. The molecule has 6 N–H and O–H groups in total. The Morgan fingerprint density at radius 3 is 2.64 bits per heavy atom. The van der Waals surface area contributed by atoms with Gasteiger partial charge < -0.3 is 21.9 Å². The zero-order valence-electron chi connectivity index (χ0n) is 18.8. The van der Waals surface area contributed by atoms with E-state index in [1.54, 1.807) is 24.7 Å². The van der Waals surface area contributed by atoms with E-state index in [-0.39, 0.29) is 5.69 Å². The van der Waals surface area contributed by atoms with Crippen LogP contribution in [-0.2, 0) is 13.0 Å². The van der Waals surface area contributed by atoms with E-state index in [2.05, 4.69) is 31.1 Å². The summed E-state index contributed by atoms with van der Waals surface area (Å²) in [4.78, 5) is 8.54. The van der Waals surface area contributed by atoms with Crippen LogP contribution in [0.4, 0.5) is 27.4 Å². The van der Waals surface area contributed by atoms with Gasteiger partial charge >= 0.3 is 0 Å². The van der Waals surface area contributed by atoms with Crippen LogP contribution in [0.3, 0.4) is 0 Å². The number of aryl methyl sites for hydroxylation is 2. The lowest BCUT2D eigenvalue weighted by molar-refractivity contribution is 0.399. The summed E-state index contributed by atoms with van der Waals surface area (Å²) in [5.41, 5.74) is 15.7. The normalized spacial score (nSPS) is 13.1. The first kappa shape index (κ1) is 22.5. The topological polar surface area (TPSA) is 128 Å². The van der Waals surface area contributed by atoms with Gasteiger partial charge in [-0.25, -0.2) is 9.37 Å². The van der Waals surface area contributed by atoms with Crippen molar-refractivity contribution in [3.63, 3.8) is 0 Å². The first-order valence-electron chi connectivity index (χ1n) is 10.9. The zero-order chi connectivity index (χ0) is 23.5. The van der Waals surface area contributed by atoms with Gasteiger partial charge in [-0.3, -0.25) is 9.67 Å². The average Bonchev–Trinajstić information content (AvgIpc) is 3.07. The average molecular weight is 450 g/mol. The molecule has 0 atom stereocenters. The number of hydrogen-bond acceptors (Lipinski definition) is 7. The van der Waals surface area contributed by atoms with Crippen LogP contribution >= 0.6 is 0 Å².